The topological polar surface area (TPSA) is 35.5 Å². The van der Waals surface area contributed by atoms with Crippen molar-refractivity contribution >= 4 is 17.6 Å². The van der Waals surface area contributed by atoms with E-state index in [2.05, 4.69) is 0 Å². The number of carbonyl (C=O) groups is 1. The van der Waals surface area contributed by atoms with Gasteiger partial charge >= 0.3 is 5.97 Å². The predicted molar refractivity (Wildman–Crippen MR) is 58.6 cm³/mol. The van der Waals surface area contributed by atoms with Crippen LogP contribution in [0.5, 0.6) is 5.75 Å². The van der Waals surface area contributed by atoms with E-state index in [1.54, 1.807) is 18.2 Å². The van der Waals surface area contributed by atoms with Crippen LogP contribution in [0.1, 0.15) is 23.7 Å². The second-order valence-corrected chi connectivity index (χ2v) is 3.39. The predicted octanol–water partition coefficient (Wildman–Crippen LogP) is 2.92. The molecule has 0 saturated carbocycles. The molecule has 0 aliphatic rings. The molecule has 0 atom stereocenters. The molecule has 1 rings (SSSR count). The van der Waals surface area contributed by atoms with Crippen LogP contribution < -0.4 is 4.74 Å². The lowest BCUT2D eigenvalue weighted by molar-refractivity contribution is 0.0505. The fourth-order valence-electron chi connectivity index (χ4n) is 1.06. The van der Waals surface area contributed by atoms with Crippen LogP contribution in [0, 0.1) is 0 Å². The standard InChI is InChI=1S/C11H13ClO3/c1-3-6-15-11(13)9-7-8(14-2)4-5-10(9)12/h4-5,7H,3,6H2,1-2H3. The van der Waals surface area contributed by atoms with Crippen LogP contribution in [0.3, 0.4) is 0 Å². The average molecular weight is 229 g/mol. The lowest BCUT2D eigenvalue weighted by atomic mass is 10.2. The van der Waals surface area contributed by atoms with Gasteiger partial charge in [-0.1, -0.05) is 18.5 Å². The molecule has 0 heterocycles. The first-order valence-electron chi connectivity index (χ1n) is 4.69. The number of methoxy groups -OCH3 is 1. The molecule has 0 radical (unpaired) electrons. The zero-order valence-electron chi connectivity index (χ0n) is 8.75. The van der Waals surface area contributed by atoms with Gasteiger partial charge in [0.05, 0.1) is 24.3 Å². The van der Waals surface area contributed by atoms with E-state index in [0.717, 1.165) is 6.42 Å². The summed E-state index contributed by atoms with van der Waals surface area (Å²) in [5, 5.41) is 0.372. The van der Waals surface area contributed by atoms with E-state index >= 15 is 0 Å². The van der Waals surface area contributed by atoms with Crippen molar-refractivity contribution in [2.45, 2.75) is 13.3 Å². The number of carbonyl (C=O) groups excluding carboxylic acids is 1. The van der Waals surface area contributed by atoms with Gasteiger partial charge in [0, 0.05) is 0 Å². The van der Waals surface area contributed by atoms with Crippen LogP contribution in [-0.2, 0) is 4.74 Å². The minimum atomic E-state index is -0.416. The van der Waals surface area contributed by atoms with Gasteiger partial charge in [-0.3, -0.25) is 0 Å². The highest BCUT2D eigenvalue weighted by atomic mass is 35.5. The molecule has 4 heteroatoms. The van der Waals surface area contributed by atoms with E-state index in [9.17, 15) is 4.79 Å². The van der Waals surface area contributed by atoms with Gasteiger partial charge in [-0.2, -0.15) is 0 Å². The lowest BCUT2D eigenvalue weighted by Crippen LogP contribution is -2.06. The van der Waals surface area contributed by atoms with Gasteiger partial charge in [0.25, 0.3) is 0 Å². The molecule has 0 aliphatic carbocycles. The lowest BCUT2D eigenvalue weighted by Gasteiger charge is -2.06. The molecule has 0 bridgehead atoms. The van der Waals surface area contributed by atoms with Crippen molar-refractivity contribution in [3.05, 3.63) is 28.8 Å². The SMILES string of the molecule is CCCOC(=O)c1cc(OC)ccc1Cl. The fraction of sp³-hybridized carbons (Fsp3) is 0.364. The van der Waals surface area contributed by atoms with Crippen molar-refractivity contribution in [1.82, 2.24) is 0 Å². The molecular weight excluding hydrogens is 216 g/mol. The fourth-order valence-corrected chi connectivity index (χ4v) is 1.25. The summed E-state index contributed by atoms with van der Waals surface area (Å²) >= 11 is 5.87. The van der Waals surface area contributed by atoms with E-state index in [1.165, 1.54) is 7.11 Å². The van der Waals surface area contributed by atoms with Crippen molar-refractivity contribution in [3.8, 4) is 5.75 Å². The first-order valence-corrected chi connectivity index (χ1v) is 5.07. The Morgan fingerprint density at radius 3 is 2.80 bits per heavy atom. The molecule has 0 amide bonds. The highest BCUT2D eigenvalue weighted by molar-refractivity contribution is 6.33. The number of ether oxygens (including phenoxy) is 2. The zero-order valence-corrected chi connectivity index (χ0v) is 9.50. The zero-order chi connectivity index (χ0) is 11.3. The summed E-state index contributed by atoms with van der Waals surface area (Å²) in [7, 11) is 1.53. The second-order valence-electron chi connectivity index (χ2n) is 2.98. The van der Waals surface area contributed by atoms with Crippen LogP contribution in [0.15, 0.2) is 18.2 Å². The normalized spacial score (nSPS) is 9.80. The average Bonchev–Trinajstić information content (AvgIpc) is 2.26. The summed E-state index contributed by atoms with van der Waals surface area (Å²) < 4.78 is 9.98. The van der Waals surface area contributed by atoms with Crippen molar-refractivity contribution in [3.63, 3.8) is 0 Å². The van der Waals surface area contributed by atoms with Crippen LogP contribution in [0.25, 0.3) is 0 Å². The maximum absolute atomic E-state index is 11.5. The Morgan fingerprint density at radius 2 is 2.20 bits per heavy atom. The van der Waals surface area contributed by atoms with Gasteiger partial charge in [-0.15, -0.1) is 0 Å². The van der Waals surface area contributed by atoms with E-state index in [4.69, 9.17) is 21.1 Å². The van der Waals surface area contributed by atoms with Crippen LogP contribution in [-0.4, -0.2) is 19.7 Å². The Kier molecular flexibility index (Phi) is 4.43. The summed E-state index contributed by atoms with van der Waals surface area (Å²) in [6.07, 6.45) is 0.785. The molecule has 0 N–H and O–H groups in total. The van der Waals surface area contributed by atoms with Gasteiger partial charge in [-0.05, 0) is 24.6 Å². The van der Waals surface area contributed by atoms with E-state index in [1.807, 2.05) is 6.92 Å². The monoisotopic (exact) mass is 228 g/mol. The minimum Gasteiger partial charge on any atom is -0.497 e. The largest absolute Gasteiger partial charge is 0.497 e. The number of esters is 1. The summed E-state index contributed by atoms with van der Waals surface area (Å²) in [5.41, 5.74) is 0.337. The van der Waals surface area contributed by atoms with Gasteiger partial charge in [-0.25, -0.2) is 4.79 Å². The molecular formula is C11H13ClO3. The third kappa shape index (κ3) is 3.13. The molecule has 0 aromatic heterocycles. The van der Waals surface area contributed by atoms with Crippen LogP contribution in [0.2, 0.25) is 5.02 Å². The van der Waals surface area contributed by atoms with E-state index in [0.29, 0.717) is 22.9 Å². The molecule has 15 heavy (non-hydrogen) atoms. The number of benzene rings is 1. The first-order chi connectivity index (χ1) is 7.19. The van der Waals surface area contributed by atoms with Crippen molar-refractivity contribution in [2.24, 2.45) is 0 Å². The van der Waals surface area contributed by atoms with Crippen molar-refractivity contribution in [1.29, 1.82) is 0 Å². The van der Waals surface area contributed by atoms with Gasteiger partial charge in [0.1, 0.15) is 5.75 Å². The molecule has 0 saturated heterocycles. The van der Waals surface area contributed by atoms with E-state index < -0.39 is 5.97 Å². The number of rotatable bonds is 4. The molecule has 0 aliphatic heterocycles. The number of halogens is 1. The van der Waals surface area contributed by atoms with Crippen LogP contribution >= 0.6 is 11.6 Å². The Hall–Kier alpha value is -1.22. The molecule has 0 unspecified atom stereocenters. The smallest absolute Gasteiger partial charge is 0.339 e. The maximum atomic E-state index is 11.5. The first kappa shape index (κ1) is 11.9. The van der Waals surface area contributed by atoms with Crippen LogP contribution in [0.4, 0.5) is 0 Å². The Balaban J connectivity index is 2.86. The molecule has 1 aromatic carbocycles. The third-order valence-corrected chi connectivity index (χ3v) is 2.16. The minimum absolute atomic E-state index is 0.337. The molecule has 1 aromatic rings. The van der Waals surface area contributed by atoms with Gasteiger partial charge < -0.3 is 9.47 Å². The Labute approximate surface area is 93.9 Å². The van der Waals surface area contributed by atoms with Gasteiger partial charge in [0.15, 0.2) is 0 Å². The van der Waals surface area contributed by atoms with E-state index in [-0.39, 0.29) is 0 Å². The number of hydrogen-bond acceptors (Lipinski definition) is 3. The summed E-state index contributed by atoms with van der Waals surface area (Å²) in [6.45, 7) is 2.33. The summed E-state index contributed by atoms with van der Waals surface area (Å²) in [6, 6.07) is 4.88. The molecule has 3 nitrogen and oxygen atoms in total. The third-order valence-electron chi connectivity index (χ3n) is 1.83. The molecule has 82 valence electrons. The highest BCUT2D eigenvalue weighted by Crippen LogP contribution is 2.22. The highest BCUT2D eigenvalue weighted by Gasteiger charge is 2.12. The maximum Gasteiger partial charge on any atom is 0.339 e. The Morgan fingerprint density at radius 1 is 1.47 bits per heavy atom. The Bertz CT molecular complexity index is 350. The van der Waals surface area contributed by atoms with Gasteiger partial charge in [0.2, 0.25) is 0 Å². The van der Waals surface area contributed by atoms with Crippen molar-refractivity contribution in [2.75, 3.05) is 13.7 Å². The molecule has 0 spiro atoms. The number of hydrogen-bond donors (Lipinski definition) is 0. The summed E-state index contributed by atoms with van der Waals surface area (Å²) in [5.74, 6) is 0.170. The van der Waals surface area contributed by atoms with Crippen molar-refractivity contribution < 1.29 is 14.3 Å². The quantitative estimate of drug-likeness (QED) is 0.744. The molecule has 0 fully saturated rings. The summed E-state index contributed by atoms with van der Waals surface area (Å²) in [4.78, 5) is 11.5. The second kappa shape index (κ2) is 5.61.